The summed E-state index contributed by atoms with van der Waals surface area (Å²) in [5, 5.41) is 21.5. The third-order valence-electron chi connectivity index (χ3n) is 8.37. The summed E-state index contributed by atoms with van der Waals surface area (Å²) in [5.41, 5.74) is 3.66. The van der Waals surface area contributed by atoms with E-state index in [1.54, 1.807) is 5.57 Å². The van der Waals surface area contributed by atoms with Gasteiger partial charge < -0.3 is 10.2 Å². The highest BCUT2D eigenvalue weighted by Crippen LogP contribution is 2.60. The number of rotatable bonds is 6. The lowest BCUT2D eigenvalue weighted by Crippen LogP contribution is -2.45. The lowest BCUT2D eigenvalue weighted by Gasteiger charge is -2.47. The zero-order valence-electron chi connectivity index (χ0n) is 19.3. The van der Waals surface area contributed by atoms with E-state index in [2.05, 4.69) is 46.4 Å². The molecular weight excluding hydrogens is 356 g/mol. The number of aliphatic hydroxyl groups is 2. The van der Waals surface area contributed by atoms with Gasteiger partial charge in [0.15, 0.2) is 0 Å². The molecule has 0 spiro atoms. The molecule has 29 heavy (non-hydrogen) atoms. The minimum Gasteiger partial charge on any atom is -0.393 e. The first-order valence-corrected chi connectivity index (χ1v) is 12.1. The van der Waals surface area contributed by atoms with E-state index in [1.165, 1.54) is 43.3 Å². The summed E-state index contributed by atoms with van der Waals surface area (Å²) < 4.78 is 0. The molecule has 0 aromatic rings. The molecule has 0 radical (unpaired) electrons. The van der Waals surface area contributed by atoms with E-state index in [4.69, 9.17) is 0 Å². The third-order valence-corrected chi connectivity index (χ3v) is 8.37. The molecule has 0 amide bonds. The van der Waals surface area contributed by atoms with E-state index in [-0.39, 0.29) is 11.5 Å². The molecule has 3 rings (SSSR count). The molecule has 1 unspecified atom stereocenters. The van der Waals surface area contributed by atoms with E-state index < -0.39 is 5.60 Å². The van der Waals surface area contributed by atoms with Gasteiger partial charge in [0.1, 0.15) is 0 Å². The molecular formula is C27H44O2. The summed E-state index contributed by atoms with van der Waals surface area (Å²) in [4.78, 5) is 0. The molecule has 3 saturated carbocycles. The molecule has 5 atom stereocenters. The second kappa shape index (κ2) is 9.10. The van der Waals surface area contributed by atoms with Crippen molar-refractivity contribution in [1.29, 1.82) is 0 Å². The van der Waals surface area contributed by atoms with Gasteiger partial charge in [0.25, 0.3) is 0 Å². The van der Waals surface area contributed by atoms with Crippen molar-refractivity contribution >= 4 is 0 Å². The molecule has 3 aliphatic carbocycles. The van der Waals surface area contributed by atoms with Crippen molar-refractivity contribution in [2.75, 3.05) is 0 Å². The van der Waals surface area contributed by atoms with Crippen molar-refractivity contribution in [2.45, 2.75) is 110 Å². The topological polar surface area (TPSA) is 40.5 Å². The number of aliphatic hydroxyl groups excluding tert-OH is 1. The quantitative estimate of drug-likeness (QED) is 0.518. The lowest BCUT2D eigenvalue weighted by atomic mass is 9.59. The summed E-state index contributed by atoms with van der Waals surface area (Å²) in [6, 6.07) is 0. The maximum absolute atomic E-state index is 11.4. The van der Waals surface area contributed by atoms with Crippen LogP contribution in [-0.2, 0) is 0 Å². The molecule has 0 aliphatic heterocycles. The molecule has 0 aromatic carbocycles. The van der Waals surface area contributed by atoms with Crippen LogP contribution in [0, 0.1) is 23.2 Å². The standard InChI is InChI=1S/C27H44O2/c1-19(2)8-6-17-27(5,29)25-15-14-24-21(9-7-16-26(24,25)4)11-12-22-18-23(28)13-10-20(22)3/h11-12,19,23-25,28-29H,3,6-10,13-18H2,1-2,4-5H3/b21-11?,22-12-/t23-,24?,25-,26-,27-/m0/s1. The Hall–Kier alpha value is -0.860. The number of hydrogen-bond donors (Lipinski definition) is 2. The Morgan fingerprint density at radius 3 is 2.69 bits per heavy atom. The van der Waals surface area contributed by atoms with Crippen LogP contribution in [0.5, 0.6) is 0 Å². The first kappa shape index (κ1) is 22.8. The average Bonchev–Trinajstić information content (AvgIpc) is 3.00. The fraction of sp³-hybridized carbons (Fsp3) is 0.778. The highest BCUT2D eigenvalue weighted by Gasteiger charge is 2.54. The lowest BCUT2D eigenvalue weighted by molar-refractivity contribution is -0.0657. The Morgan fingerprint density at radius 2 is 1.97 bits per heavy atom. The van der Waals surface area contributed by atoms with Crippen molar-refractivity contribution in [1.82, 2.24) is 0 Å². The van der Waals surface area contributed by atoms with Crippen molar-refractivity contribution in [3.05, 3.63) is 35.5 Å². The number of allylic oxidation sites excluding steroid dienone is 4. The van der Waals surface area contributed by atoms with Gasteiger partial charge in [-0.3, -0.25) is 0 Å². The van der Waals surface area contributed by atoms with E-state index in [1.807, 2.05) is 0 Å². The zero-order chi connectivity index (χ0) is 21.2. The van der Waals surface area contributed by atoms with Gasteiger partial charge >= 0.3 is 0 Å². The molecule has 2 N–H and O–H groups in total. The predicted molar refractivity (Wildman–Crippen MR) is 123 cm³/mol. The van der Waals surface area contributed by atoms with Crippen LogP contribution in [0.1, 0.15) is 98.3 Å². The molecule has 0 heterocycles. The molecule has 0 aromatic heterocycles. The van der Waals surface area contributed by atoms with Crippen LogP contribution in [0.4, 0.5) is 0 Å². The molecule has 3 aliphatic rings. The predicted octanol–water partition coefficient (Wildman–Crippen LogP) is 6.73. The normalized spacial score (nSPS) is 37.9. The van der Waals surface area contributed by atoms with Crippen LogP contribution in [0.2, 0.25) is 0 Å². The van der Waals surface area contributed by atoms with Gasteiger partial charge in [-0.1, -0.05) is 63.5 Å². The average molecular weight is 401 g/mol. The van der Waals surface area contributed by atoms with Gasteiger partial charge in [-0.2, -0.15) is 0 Å². The smallest absolute Gasteiger partial charge is 0.0653 e. The van der Waals surface area contributed by atoms with E-state index in [0.29, 0.717) is 17.8 Å². The van der Waals surface area contributed by atoms with Crippen LogP contribution in [0.25, 0.3) is 0 Å². The summed E-state index contributed by atoms with van der Waals surface area (Å²) in [5.74, 6) is 1.70. The summed E-state index contributed by atoms with van der Waals surface area (Å²) in [6.07, 6.45) is 16.2. The number of hydrogen-bond acceptors (Lipinski definition) is 2. The summed E-state index contributed by atoms with van der Waals surface area (Å²) >= 11 is 0. The van der Waals surface area contributed by atoms with Gasteiger partial charge in [0.2, 0.25) is 0 Å². The highest BCUT2D eigenvalue weighted by atomic mass is 16.3. The van der Waals surface area contributed by atoms with Gasteiger partial charge in [0.05, 0.1) is 11.7 Å². The fourth-order valence-corrected chi connectivity index (χ4v) is 6.70. The van der Waals surface area contributed by atoms with Crippen LogP contribution < -0.4 is 0 Å². The van der Waals surface area contributed by atoms with E-state index in [9.17, 15) is 10.2 Å². The van der Waals surface area contributed by atoms with Gasteiger partial charge in [-0.15, -0.1) is 0 Å². The summed E-state index contributed by atoms with van der Waals surface area (Å²) in [7, 11) is 0. The van der Waals surface area contributed by atoms with Crippen molar-refractivity contribution < 1.29 is 10.2 Å². The molecule has 3 fully saturated rings. The Labute approximate surface area is 179 Å². The highest BCUT2D eigenvalue weighted by molar-refractivity contribution is 5.36. The zero-order valence-corrected chi connectivity index (χ0v) is 19.3. The minimum absolute atomic E-state index is 0.210. The third kappa shape index (κ3) is 5.07. The Morgan fingerprint density at radius 1 is 1.21 bits per heavy atom. The fourth-order valence-electron chi connectivity index (χ4n) is 6.70. The molecule has 0 saturated heterocycles. The van der Waals surface area contributed by atoms with Crippen molar-refractivity contribution in [2.24, 2.45) is 23.2 Å². The Bertz CT molecular complexity index is 653. The van der Waals surface area contributed by atoms with E-state index in [0.717, 1.165) is 38.5 Å². The molecule has 2 nitrogen and oxygen atoms in total. The van der Waals surface area contributed by atoms with Crippen molar-refractivity contribution in [3.63, 3.8) is 0 Å². The van der Waals surface area contributed by atoms with Crippen LogP contribution in [0.15, 0.2) is 35.5 Å². The first-order valence-electron chi connectivity index (χ1n) is 12.1. The maximum Gasteiger partial charge on any atom is 0.0653 e. The second-order valence-electron chi connectivity index (χ2n) is 11.1. The van der Waals surface area contributed by atoms with Gasteiger partial charge in [0, 0.05) is 0 Å². The van der Waals surface area contributed by atoms with Gasteiger partial charge in [-0.25, -0.2) is 0 Å². The first-order chi connectivity index (χ1) is 13.6. The van der Waals surface area contributed by atoms with Crippen LogP contribution in [0.3, 0.4) is 0 Å². The molecule has 0 bridgehead atoms. The SMILES string of the molecule is C=C1CC[C@H](O)C/C1=C/C=C1CCC[C@@]2(C)C1CC[C@@H]2[C@@](C)(O)CCCC(C)C. The van der Waals surface area contributed by atoms with E-state index >= 15 is 0 Å². The Balaban J connectivity index is 1.75. The maximum atomic E-state index is 11.4. The monoisotopic (exact) mass is 400 g/mol. The Kier molecular flexibility index (Phi) is 7.16. The van der Waals surface area contributed by atoms with Gasteiger partial charge in [-0.05, 0) is 93.5 Å². The largest absolute Gasteiger partial charge is 0.393 e. The number of fused-ring (bicyclic) bond motifs is 1. The minimum atomic E-state index is -0.554. The molecule has 2 heteroatoms. The summed E-state index contributed by atoms with van der Waals surface area (Å²) in [6.45, 7) is 13.3. The molecule has 164 valence electrons. The van der Waals surface area contributed by atoms with Crippen LogP contribution >= 0.6 is 0 Å². The second-order valence-corrected chi connectivity index (χ2v) is 11.1. The van der Waals surface area contributed by atoms with Crippen molar-refractivity contribution in [3.8, 4) is 0 Å². The van der Waals surface area contributed by atoms with Crippen LogP contribution in [-0.4, -0.2) is 21.9 Å².